The van der Waals surface area contributed by atoms with E-state index >= 15 is 0 Å². The molecule has 0 amide bonds. The Bertz CT molecular complexity index is 540. The SMILES string of the molecule is Cc1cc(OCCSc2ccccc2)c(C)cc1N. The highest BCUT2D eigenvalue weighted by atomic mass is 32.2. The van der Waals surface area contributed by atoms with Crippen LogP contribution in [0.1, 0.15) is 11.1 Å². The molecule has 0 saturated carbocycles. The molecule has 0 heterocycles. The minimum Gasteiger partial charge on any atom is -0.492 e. The van der Waals surface area contributed by atoms with Crippen LogP contribution in [-0.2, 0) is 0 Å². The number of nitrogens with two attached hydrogens (primary N) is 1. The summed E-state index contributed by atoms with van der Waals surface area (Å²) in [6.07, 6.45) is 0. The highest BCUT2D eigenvalue weighted by molar-refractivity contribution is 7.99. The molecule has 0 aliphatic rings. The highest BCUT2D eigenvalue weighted by Crippen LogP contribution is 2.24. The Balaban J connectivity index is 1.85. The summed E-state index contributed by atoms with van der Waals surface area (Å²) in [5.74, 6) is 1.87. The van der Waals surface area contributed by atoms with Gasteiger partial charge in [-0.3, -0.25) is 0 Å². The van der Waals surface area contributed by atoms with Crippen molar-refractivity contribution in [1.82, 2.24) is 0 Å². The summed E-state index contributed by atoms with van der Waals surface area (Å²) in [5.41, 5.74) is 8.84. The lowest BCUT2D eigenvalue weighted by molar-refractivity contribution is 0.341. The molecular weight excluding hydrogens is 254 g/mol. The first-order valence-electron chi connectivity index (χ1n) is 6.34. The molecule has 0 radical (unpaired) electrons. The van der Waals surface area contributed by atoms with Crippen molar-refractivity contribution in [3.63, 3.8) is 0 Å². The zero-order valence-corrected chi connectivity index (χ0v) is 12.2. The summed E-state index contributed by atoms with van der Waals surface area (Å²) in [6.45, 7) is 4.72. The molecule has 2 rings (SSSR count). The predicted octanol–water partition coefficient (Wildman–Crippen LogP) is 4.06. The van der Waals surface area contributed by atoms with Crippen molar-refractivity contribution in [1.29, 1.82) is 0 Å². The third-order valence-corrected chi connectivity index (χ3v) is 3.89. The van der Waals surface area contributed by atoms with Crippen molar-refractivity contribution >= 4 is 17.4 Å². The van der Waals surface area contributed by atoms with Gasteiger partial charge >= 0.3 is 0 Å². The van der Waals surface area contributed by atoms with Gasteiger partial charge in [0.15, 0.2) is 0 Å². The van der Waals surface area contributed by atoms with Crippen LogP contribution in [0, 0.1) is 13.8 Å². The topological polar surface area (TPSA) is 35.2 Å². The van der Waals surface area contributed by atoms with Crippen LogP contribution in [0.3, 0.4) is 0 Å². The van der Waals surface area contributed by atoms with E-state index in [-0.39, 0.29) is 0 Å². The molecule has 0 unspecified atom stereocenters. The molecule has 0 fully saturated rings. The van der Waals surface area contributed by atoms with Crippen molar-refractivity contribution in [2.45, 2.75) is 18.7 Å². The van der Waals surface area contributed by atoms with E-state index in [1.54, 1.807) is 11.8 Å². The van der Waals surface area contributed by atoms with Crippen molar-refractivity contribution in [2.24, 2.45) is 0 Å². The van der Waals surface area contributed by atoms with Gasteiger partial charge in [0.05, 0.1) is 6.61 Å². The van der Waals surface area contributed by atoms with Crippen molar-refractivity contribution in [2.75, 3.05) is 18.1 Å². The maximum Gasteiger partial charge on any atom is 0.122 e. The second-order valence-electron chi connectivity index (χ2n) is 4.48. The van der Waals surface area contributed by atoms with Crippen molar-refractivity contribution < 1.29 is 4.74 Å². The van der Waals surface area contributed by atoms with Gasteiger partial charge in [-0.2, -0.15) is 0 Å². The lowest BCUT2D eigenvalue weighted by Crippen LogP contribution is -2.02. The van der Waals surface area contributed by atoms with Gasteiger partial charge in [-0.25, -0.2) is 0 Å². The van der Waals surface area contributed by atoms with Gasteiger partial charge in [0.1, 0.15) is 5.75 Å². The van der Waals surface area contributed by atoms with Crippen LogP contribution in [-0.4, -0.2) is 12.4 Å². The molecule has 2 aromatic rings. The van der Waals surface area contributed by atoms with Crippen molar-refractivity contribution in [3.8, 4) is 5.75 Å². The number of ether oxygens (including phenoxy) is 1. The molecule has 3 heteroatoms. The summed E-state index contributed by atoms with van der Waals surface area (Å²) < 4.78 is 5.82. The number of anilines is 1. The smallest absolute Gasteiger partial charge is 0.122 e. The average Bonchev–Trinajstić information content (AvgIpc) is 2.41. The Kier molecular flexibility index (Phi) is 4.74. The van der Waals surface area contributed by atoms with Gasteiger partial charge in [0.25, 0.3) is 0 Å². The number of rotatable bonds is 5. The van der Waals surface area contributed by atoms with Gasteiger partial charge in [-0.05, 0) is 49.2 Å². The number of benzene rings is 2. The van der Waals surface area contributed by atoms with E-state index < -0.39 is 0 Å². The fourth-order valence-corrected chi connectivity index (χ4v) is 2.55. The van der Waals surface area contributed by atoms with Crippen LogP contribution in [0.5, 0.6) is 5.75 Å². The van der Waals surface area contributed by atoms with Crippen molar-refractivity contribution in [3.05, 3.63) is 53.6 Å². The molecule has 2 nitrogen and oxygen atoms in total. The third kappa shape index (κ3) is 3.93. The molecule has 2 N–H and O–H groups in total. The van der Waals surface area contributed by atoms with E-state index in [0.29, 0.717) is 6.61 Å². The lowest BCUT2D eigenvalue weighted by Gasteiger charge is -2.11. The molecule has 0 spiro atoms. The molecule has 0 aliphatic heterocycles. The van der Waals surface area contributed by atoms with Gasteiger partial charge in [-0.1, -0.05) is 18.2 Å². The van der Waals surface area contributed by atoms with Gasteiger partial charge in [0, 0.05) is 16.3 Å². The molecule has 2 aromatic carbocycles. The summed E-state index contributed by atoms with van der Waals surface area (Å²) in [5, 5.41) is 0. The minimum absolute atomic E-state index is 0.698. The number of aryl methyl sites for hydroxylation is 2. The minimum atomic E-state index is 0.698. The van der Waals surface area contributed by atoms with Gasteiger partial charge in [0.2, 0.25) is 0 Å². The molecule has 19 heavy (non-hydrogen) atoms. The number of nitrogen functional groups attached to an aromatic ring is 1. The van der Waals surface area contributed by atoms with E-state index in [0.717, 1.165) is 28.3 Å². The zero-order chi connectivity index (χ0) is 13.7. The molecule has 100 valence electrons. The van der Waals surface area contributed by atoms with Crippen LogP contribution in [0.2, 0.25) is 0 Å². The summed E-state index contributed by atoms with van der Waals surface area (Å²) in [4.78, 5) is 1.27. The first-order chi connectivity index (χ1) is 9.16. The van der Waals surface area contributed by atoms with E-state index in [1.165, 1.54) is 4.90 Å². The van der Waals surface area contributed by atoms with Gasteiger partial charge in [-0.15, -0.1) is 11.8 Å². The predicted molar refractivity (Wildman–Crippen MR) is 83.0 cm³/mol. The molecule has 0 atom stereocenters. The quantitative estimate of drug-likeness (QED) is 0.507. The molecular formula is C16H19NOS. The molecule has 0 aromatic heterocycles. The second kappa shape index (κ2) is 6.53. The Morgan fingerprint density at radius 3 is 2.53 bits per heavy atom. The number of hydrogen-bond donors (Lipinski definition) is 1. The number of hydrogen-bond acceptors (Lipinski definition) is 3. The van der Waals surface area contributed by atoms with Gasteiger partial charge < -0.3 is 10.5 Å². The molecule has 0 bridgehead atoms. The van der Waals surface area contributed by atoms with E-state index in [9.17, 15) is 0 Å². The maximum absolute atomic E-state index is 5.86. The monoisotopic (exact) mass is 273 g/mol. The summed E-state index contributed by atoms with van der Waals surface area (Å²) >= 11 is 1.80. The first kappa shape index (κ1) is 13.8. The van der Waals surface area contributed by atoms with E-state index in [4.69, 9.17) is 10.5 Å². The normalized spacial score (nSPS) is 10.4. The fraction of sp³-hybridized carbons (Fsp3) is 0.250. The molecule has 0 aliphatic carbocycles. The maximum atomic E-state index is 5.86. The van der Waals surface area contributed by atoms with Crippen LogP contribution < -0.4 is 10.5 Å². The average molecular weight is 273 g/mol. The zero-order valence-electron chi connectivity index (χ0n) is 11.3. The van der Waals surface area contributed by atoms with Crippen LogP contribution >= 0.6 is 11.8 Å². The summed E-state index contributed by atoms with van der Waals surface area (Å²) in [7, 11) is 0. The second-order valence-corrected chi connectivity index (χ2v) is 5.65. The fourth-order valence-electron chi connectivity index (χ4n) is 1.80. The van der Waals surface area contributed by atoms with Crippen LogP contribution in [0.4, 0.5) is 5.69 Å². The highest BCUT2D eigenvalue weighted by Gasteiger charge is 2.03. The Hall–Kier alpha value is -1.61. The summed E-state index contributed by atoms with van der Waals surface area (Å²) in [6, 6.07) is 14.3. The molecule has 0 saturated heterocycles. The Morgan fingerprint density at radius 1 is 1.05 bits per heavy atom. The first-order valence-corrected chi connectivity index (χ1v) is 7.33. The van der Waals surface area contributed by atoms with E-state index in [2.05, 4.69) is 24.3 Å². The largest absolute Gasteiger partial charge is 0.492 e. The van der Waals surface area contributed by atoms with Crippen LogP contribution in [0.15, 0.2) is 47.4 Å². The lowest BCUT2D eigenvalue weighted by atomic mass is 10.1. The number of thioether (sulfide) groups is 1. The van der Waals surface area contributed by atoms with Crippen LogP contribution in [0.25, 0.3) is 0 Å². The van der Waals surface area contributed by atoms with E-state index in [1.807, 2.05) is 32.0 Å². The third-order valence-electron chi connectivity index (χ3n) is 2.92. The standard InChI is InChI=1S/C16H19NOS/c1-12-11-16(13(2)10-15(12)17)18-8-9-19-14-6-4-3-5-7-14/h3-7,10-11H,8-9,17H2,1-2H3. The Morgan fingerprint density at radius 2 is 1.79 bits per heavy atom. The Labute approximate surface area is 119 Å².